The van der Waals surface area contributed by atoms with E-state index in [0.29, 0.717) is 0 Å². The number of rotatable bonds is 1. The zero-order valence-electron chi connectivity index (χ0n) is 9.32. The number of thiol groups is 1. The van der Waals surface area contributed by atoms with Gasteiger partial charge in [0.1, 0.15) is 0 Å². The lowest BCUT2D eigenvalue weighted by molar-refractivity contribution is 0.659. The topological polar surface area (TPSA) is 0 Å². The van der Waals surface area contributed by atoms with Crippen LogP contribution in [0.1, 0.15) is 31.2 Å². The molecule has 0 N–H and O–H groups in total. The molecule has 0 aliphatic heterocycles. The Morgan fingerprint density at radius 1 is 0.875 bits per heavy atom. The molecule has 0 aromatic heterocycles. The van der Waals surface area contributed by atoms with Crippen LogP contribution in [0.4, 0.5) is 0 Å². The fraction of sp³-hybridized carbons (Fsp3) is 0.333. The summed E-state index contributed by atoms with van der Waals surface area (Å²) in [6, 6.07) is 15.3. The molecule has 2 aromatic carbocycles. The molecule has 0 heterocycles. The van der Waals surface area contributed by atoms with Crippen LogP contribution >= 0.6 is 12.6 Å². The average Bonchev–Trinajstić information content (AvgIpc) is 2.77. The zero-order chi connectivity index (χ0) is 11.0. The summed E-state index contributed by atoms with van der Waals surface area (Å²) >= 11 is 4.90. The smallest absolute Gasteiger partial charge is 0.0378 e. The molecule has 0 radical (unpaired) electrons. The third-order valence-corrected chi connectivity index (χ3v) is 4.42. The normalized spacial score (nSPS) is 19.1. The van der Waals surface area contributed by atoms with Gasteiger partial charge in [0.15, 0.2) is 0 Å². The van der Waals surface area contributed by atoms with Crippen LogP contribution < -0.4 is 0 Å². The Labute approximate surface area is 102 Å². The van der Waals surface area contributed by atoms with Crippen LogP contribution in [0.2, 0.25) is 0 Å². The van der Waals surface area contributed by atoms with Gasteiger partial charge in [-0.25, -0.2) is 0 Å². The van der Waals surface area contributed by atoms with Crippen LogP contribution in [-0.4, -0.2) is 0 Å². The maximum absolute atomic E-state index is 4.90. The van der Waals surface area contributed by atoms with Crippen LogP contribution in [-0.2, 0) is 4.75 Å². The maximum atomic E-state index is 4.90. The molecule has 0 nitrogen and oxygen atoms in total. The molecule has 0 spiro atoms. The van der Waals surface area contributed by atoms with Crippen LogP contribution in [0, 0.1) is 0 Å². The Balaban J connectivity index is 2.11. The highest BCUT2D eigenvalue weighted by Crippen LogP contribution is 2.44. The minimum absolute atomic E-state index is 0.129. The van der Waals surface area contributed by atoms with Gasteiger partial charge in [-0.3, -0.25) is 0 Å². The van der Waals surface area contributed by atoms with E-state index in [1.54, 1.807) is 0 Å². The highest BCUT2D eigenvalue weighted by Gasteiger charge is 2.31. The summed E-state index contributed by atoms with van der Waals surface area (Å²) in [7, 11) is 0. The molecule has 3 rings (SSSR count). The molecule has 16 heavy (non-hydrogen) atoms. The Morgan fingerprint density at radius 2 is 1.56 bits per heavy atom. The largest absolute Gasteiger partial charge is 0.168 e. The highest BCUT2D eigenvalue weighted by atomic mass is 32.1. The van der Waals surface area contributed by atoms with Crippen molar-refractivity contribution < 1.29 is 0 Å². The fourth-order valence-corrected chi connectivity index (χ4v) is 3.18. The second-order valence-corrected chi connectivity index (χ2v) is 5.66. The molecule has 0 atom stereocenters. The Kier molecular flexibility index (Phi) is 2.44. The highest BCUT2D eigenvalue weighted by molar-refractivity contribution is 7.81. The quantitative estimate of drug-likeness (QED) is 0.681. The molecule has 1 fully saturated rings. The molecule has 1 aliphatic rings. The van der Waals surface area contributed by atoms with E-state index in [9.17, 15) is 0 Å². The van der Waals surface area contributed by atoms with Crippen molar-refractivity contribution in [2.24, 2.45) is 0 Å². The van der Waals surface area contributed by atoms with Gasteiger partial charge in [-0.05, 0) is 35.2 Å². The standard InChI is InChI=1S/C15H16S/c16-15(9-3-4-10-15)14-8-7-12-5-1-2-6-13(12)11-14/h1-2,5-8,11,16H,3-4,9-10H2. The van der Waals surface area contributed by atoms with Gasteiger partial charge in [-0.2, -0.15) is 12.6 Å². The van der Waals surface area contributed by atoms with E-state index >= 15 is 0 Å². The number of hydrogen-bond donors (Lipinski definition) is 1. The van der Waals surface area contributed by atoms with Crippen molar-refractivity contribution >= 4 is 23.4 Å². The van der Waals surface area contributed by atoms with E-state index in [1.807, 2.05) is 0 Å². The van der Waals surface area contributed by atoms with Crippen molar-refractivity contribution in [3.8, 4) is 0 Å². The number of benzene rings is 2. The van der Waals surface area contributed by atoms with Gasteiger partial charge in [0, 0.05) is 4.75 Å². The third kappa shape index (κ3) is 1.63. The molecular weight excluding hydrogens is 212 g/mol. The molecule has 1 aliphatic carbocycles. The van der Waals surface area contributed by atoms with E-state index in [4.69, 9.17) is 12.6 Å². The van der Waals surface area contributed by atoms with Crippen molar-refractivity contribution in [3.63, 3.8) is 0 Å². The Hall–Kier alpha value is -0.950. The molecular formula is C15H16S. The monoisotopic (exact) mass is 228 g/mol. The summed E-state index contributed by atoms with van der Waals surface area (Å²) in [5.41, 5.74) is 1.40. The van der Waals surface area contributed by atoms with Crippen molar-refractivity contribution in [1.29, 1.82) is 0 Å². The summed E-state index contributed by atoms with van der Waals surface area (Å²) in [5, 5.41) is 2.65. The van der Waals surface area contributed by atoms with E-state index in [2.05, 4.69) is 42.5 Å². The number of fused-ring (bicyclic) bond motifs is 1. The van der Waals surface area contributed by atoms with Gasteiger partial charge in [0.05, 0.1) is 0 Å². The Bertz CT molecular complexity index is 510. The lowest BCUT2D eigenvalue weighted by atomic mass is 9.94. The first-order valence-electron chi connectivity index (χ1n) is 6.00. The minimum atomic E-state index is 0.129. The molecule has 2 aromatic rings. The van der Waals surface area contributed by atoms with Crippen LogP contribution in [0.5, 0.6) is 0 Å². The summed E-state index contributed by atoms with van der Waals surface area (Å²) < 4.78 is 0.129. The van der Waals surface area contributed by atoms with Crippen molar-refractivity contribution in [2.75, 3.05) is 0 Å². The van der Waals surface area contributed by atoms with E-state index in [-0.39, 0.29) is 4.75 Å². The molecule has 0 saturated heterocycles. The molecule has 1 saturated carbocycles. The molecule has 0 unspecified atom stereocenters. The minimum Gasteiger partial charge on any atom is -0.168 e. The van der Waals surface area contributed by atoms with E-state index in [1.165, 1.54) is 42.0 Å². The SMILES string of the molecule is SC1(c2ccc3ccccc3c2)CCCC1. The lowest BCUT2D eigenvalue weighted by Gasteiger charge is -2.23. The first-order chi connectivity index (χ1) is 7.78. The van der Waals surface area contributed by atoms with Gasteiger partial charge in [-0.1, -0.05) is 49.2 Å². The van der Waals surface area contributed by atoms with Gasteiger partial charge in [0.2, 0.25) is 0 Å². The summed E-state index contributed by atoms with van der Waals surface area (Å²) in [4.78, 5) is 0. The first kappa shape index (κ1) is 10.2. The summed E-state index contributed by atoms with van der Waals surface area (Å²) in [6.07, 6.45) is 5.07. The zero-order valence-corrected chi connectivity index (χ0v) is 10.2. The van der Waals surface area contributed by atoms with Gasteiger partial charge >= 0.3 is 0 Å². The number of hydrogen-bond acceptors (Lipinski definition) is 1. The lowest BCUT2D eigenvalue weighted by Crippen LogP contribution is -2.12. The van der Waals surface area contributed by atoms with Crippen molar-refractivity contribution in [1.82, 2.24) is 0 Å². The van der Waals surface area contributed by atoms with E-state index < -0.39 is 0 Å². The van der Waals surface area contributed by atoms with Gasteiger partial charge in [0.25, 0.3) is 0 Å². The van der Waals surface area contributed by atoms with Crippen LogP contribution in [0.3, 0.4) is 0 Å². The summed E-state index contributed by atoms with van der Waals surface area (Å²) in [6.45, 7) is 0. The van der Waals surface area contributed by atoms with Crippen molar-refractivity contribution in [2.45, 2.75) is 30.4 Å². The third-order valence-electron chi connectivity index (χ3n) is 3.72. The molecule has 0 bridgehead atoms. The average molecular weight is 228 g/mol. The second-order valence-electron chi connectivity index (χ2n) is 4.80. The molecule has 1 heteroatoms. The Morgan fingerprint density at radius 3 is 2.31 bits per heavy atom. The maximum Gasteiger partial charge on any atom is 0.0378 e. The predicted molar refractivity (Wildman–Crippen MR) is 73.1 cm³/mol. The van der Waals surface area contributed by atoms with E-state index in [0.717, 1.165) is 0 Å². The predicted octanol–water partition coefficient (Wildman–Crippen LogP) is 4.54. The second kappa shape index (κ2) is 3.81. The fourth-order valence-electron chi connectivity index (χ4n) is 2.73. The first-order valence-corrected chi connectivity index (χ1v) is 6.44. The van der Waals surface area contributed by atoms with Gasteiger partial charge < -0.3 is 0 Å². The molecule has 82 valence electrons. The summed E-state index contributed by atoms with van der Waals surface area (Å²) in [5.74, 6) is 0. The van der Waals surface area contributed by atoms with Crippen molar-refractivity contribution in [3.05, 3.63) is 48.0 Å². The van der Waals surface area contributed by atoms with Crippen LogP contribution in [0.25, 0.3) is 10.8 Å². The molecule has 0 amide bonds. The van der Waals surface area contributed by atoms with Gasteiger partial charge in [-0.15, -0.1) is 0 Å². The van der Waals surface area contributed by atoms with Crippen LogP contribution in [0.15, 0.2) is 42.5 Å².